The quantitative estimate of drug-likeness (QED) is 0.793. The zero-order chi connectivity index (χ0) is 15.4. The van der Waals surface area contributed by atoms with Crippen LogP contribution in [0.2, 0.25) is 0 Å². The lowest BCUT2D eigenvalue weighted by molar-refractivity contribution is 0.0942. The van der Waals surface area contributed by atoms with Crippen molar-refractivity contribution in [2.75, 3.05) is 26.5 Å². The van der Waals surface area contributed by atoms with Crippen LogP contribution in [-0.2, 0) is 0 Å². The van der Waals surface area contributed by atoms with Crippen LogP contribution >= 0.6 is 0 Å². The van der Waals surface area contributed by atoms with E-state index in [-0.39, 0.29) is 11.7 Å². The highest BCUT2D eigenvalue weighted by atomic mass is 16.5. The first kappa shape index (κ1) is 14.6. The van der Waals surface area contributed by atoms with Crippen LogP contribution < -0.4 is 20.5 Å². The predicted octanol–water partition coefficient (Wildman–Crippen LogP) is 1.09. The largest absolute Gasteiger partial charge is 0.493 e. The third kappa shape index (κ3) is 2.88. The Hall–Kier alpha value is -2.77. The monoisotopic (exact) mass is 292 g/mol. The highest BCUT2D eigenvalue weighted by Crippen LogP contribution is 2.36. The molecule has 0 radical (unpaired) electrons. The van der Waals surface area contributed by atoms with Crippen LogP contribution in [0.15, 0.2) is 16.7 Å². The Balaban J connectivity index is 2.40. The van der Waals surface area contributed by atoms with Gasteiger partial charge in [0.2, 0.25) is 0 Å². The van der Waals surface area contributed by atoms with Gasteiger partial charge in [-0.05, 0) is 13.0 Å². The smallest absolute Gasteiger partial charge is 0.292 e. The SMILES string of the molecule is CCNC(=O)c1noc(-c2cc(OC)c(OC)cc2N)n1. The van der Waals surface area contributed by atoms with Crippen LogP contribution in [0.25, 0.3) is 11.5 Å². The molecule has 0 unspecified atom stereocenters. The zero-order valence-corrected chi connectivity index (χ0v) is 12.0. The Morgan fingerprint density at radius 3 is 2.62 bits per heavy atom. The summed E-state index contributed by atoms with van der Waals surface area (Å²) in [5, 5.41) is 6.21. The number of hydrogen-bond donors (Lipinski definition) is 2. The van der Waals surface area contributed by atoms with E-state index < -0.39 is 5.91 Å². The van der Waals surface area contributed by atoms with E-state index in [1.54, 1.807) is 19.1 Å². The summed E-state index contributed by atoms with van der Waals surface area (Å²) in [6, 6.07) is 3.20. The fraction of sp³-hybridized carbons (Fsp3) is 0.308. The molecule has 1 aromatic heterocycles. The van der Waals surface area contributed by atoms with Crippen LogP contribution in [0.4, 0.5) is 5.69 Å². The van der Waals surface area contributed by atoms with Gasteiger partial charge in [-0.1, -0.05) is 5.16 Å². The van der Waals surface area contributed by atoms with Crippen molar-refractivity contribution in [1.29, 1.82) is 0 Å². The lowest BCUT2D eigenvalue weighted by Gasteiger charge is -2.10. The number of carbonyl (C=O) groups is 1. The second-order valence-electron chi connectivity index (χ2n) is 4.08. The van der Waals surface area contributed by atoms with Gasteiger partial charge in [-0.3, -0.25) is 4.79 Å². The first-order valence-corrected chi connectivity index (χ1v) is 6.24. The van der Waals surface area contributed by atoms with Gasteiger partial charge in [0.15, 0.2) is 11.5 Å². The minimum absolute atomic E-state index is 0.0546. The second-order valence-corrected chi connectivity index (χ2v) is 4.08. The maximum Gasteiger partial charge on any atom is 0.292 e. The van der Waals surface area contributed by atoms with Crippen molar-refractivity contribution < 1.29 is 18.8 Å². The fourth-order valence-electron chi connectivity index (χ4n) is 1.74. The van der Waals surface area contributed by atoms with Crippen molar-refractivity contribution in [3.8, 4) is 23.0 Å². The van der Waals surface area contributed by atoms with E-state index in [0.29, 0.717) is 29.3 Å². The van der Waals surface area contributed by atoms with Crippen molar-refractivity contribution >= 4 is 11.6 Å². The third-order valence-corrected chi connectivity index (χ3v) is 2.75. The van der Waals surface area contributed by atoms with Crippen LogP contribution in [0.1, 0.15) is 17.5 Å². The highest BCUT2D eigenvalue weighted by Gasteiger charge is 2.19. The van der Waals surface area contributed by atoms with E-state index in [0.717, 1.165) is 0 Å². The number of methoxy groups -OCH3 is 2. The van der Waals surface area contributed by atoms with E-state index in [1.165, 1.54) is 14.2 Å². The molecule has 1 aromatic carbocycles. The van der Waals surface area contributed by atoms with Gasteiger partial charge in [0.05, 0.1) is 19.8 Å². The van der Waals surface area contributed by atoms with Gasteiger partial charge < -0.3 is 25.0 Å². The number of benzene rings is 1. The molecule has 8 heteroatoms. The molecule has 8 nitrogen and oxygen atoms in total. The molecule has 0 saturated heterocycles. The van der Waals surface area contributed by atoms with Gasteiger partial charge in [0.25, 0.3) is 17.6 Å². The maximum atomic E-state index is 11.6. The predicted molar refractivity (Wildman–Crippen MR) is 75.3 cm³/mol. The van der Waals surface area contributed by atoms with E-state index in [9.17, 15) is 4.79 Å². The normalized spacial score (nSPS) is 10.2. The molecule has 3 N–H and O–H groups in total. The Bertz CT molecular complexity index is 654. The first-order valence-electron chi connectivity index (χ1n) is 6.24. The number of nitrogen functional groups attached to an aromatic ring is 1. The van der Waals surface area contributed by atoms with Crippen molar-refractivity contribution in [3.05, 3.63) is 18.0 Å². The molecule has 0 fully saturated rings. The number of carbonyl (C=O) groups excluding carboxylic acids is 1. The van der Waals surface area contributed by atoms with Crippen LogP contribution in [0.3, 0.4) is 0 Å². The molecule has 0 aliphatic rings. The average Bonchev–Trinajstić information content (AvgIpc) is 2.96. The van der Waals surface area contributed by atoms with Crippen LogP contribution in [-0.4, -0.2) is 36.8 Å². The van der Waals surface area contributed by atoms with E-state index in [4.69, 9.17) is 19.7 Å². The summed E-state index contributed by atoms with van der Waals surface area (Å²) < 4.78 is 15.4. The molecule has 0 atom stereocenters. The summed E-state index contributed by atoms with van der Waals surface area (Å²) in [6.07, 6.45) is 0. The van der Waals surface area contributed by atoms with Gasteiger partial charge in [-0.15, -0.1) is 0 Å². The number of amides is 1. The third-order valence-electron chi connectivity index (χ3n) is 2.75. The van der Waals surface area contributed by atoms with Crippen molar-refractivity contribution in [2.45, 2.75) is 6.92 Å². The number of anilines is 1. The Morgan fingerprint density at radius 1 is 1.33 bits per heavy atom. The summed E-state index contributed by atoms with van der Waals surface area (Å²) in [5.74, 6) is 0.629. The van der Waals surface area contributed by atoms with Crippen LogP contribution in [0, 0.1) is 0 Å². The molecule has 0 aliphatic carbocycles. The summed E-state index contributed by atoms with van der Waals surface area (Å²) in [6.45, 7) is 2.27. The lowest BCUT2D eigenvalue weighted by atomic mass is 10.1. The highest BCUT2D eigenvalue weighted by molar-refractivity contribution is 5.90. The lowest BCUT2D eigenvalue weighted by Crippen LogP contribution is -2.23. The number of nitrogens with zero attached hydrogens (tertiary/aromatic N) is 2. The summed E-state index contributed by atoms with van der Waals surface area (Å²) in [5.41, 5.74) is 6.77. The number of aromatic nitrogens is 2. The molecule has 21 heavy (non-hydrogen) atoms. The number of ether oxygens (including phenoxy) is 2. The minimum atomic E-state index is -0.411. The molecule has 0 bridgehead atoms. The molecule has 1 amide bonds. The Morgan fingerprint density at radius 2 is 2.00 bits per heavy atom. The molecule has 112 valence electrons. The van der Waals surface area contributed by atoms with E-state index in [2.05, 4.69) is 15.5 Å². The fourth-order valence-corrected chi connectivity index (χ4v) is 1.74. The summed E-state index contributed by atoms with van der Waals surface area (Å²) in [7, 11) is 3.02. The molecule has 0 aliphatic heterocycles. The Labute approximate surface area is 121 Å². The summed E-state index contributed by atoms with van der Waals surface area (Å²) >= 11 is 0. The number of nitrogens with two attached hydrogens (primary N) is 1. The maximum absolute atomic E-state index is 11.6. The van der Waals surface area contributed by atoms with Crippen molar-refractivity contribution in [2.24, 2.45) is 0 Å². The molecule has 0 spiro atoms. The molecule has 2 aromatic rings. The van der Waals surface area contributed by atoms with Gasteiger partial charge >= 0.3 is 0 Å². The number of hydrogen-bond acceptors (Lipinski definition) is 7. The van der Waals surface area contributed by atoms with E-state index >= 15 is 0 Å². The van der Waals surface area contributed by atoms with Crippen molar-refractivity contribution in [3.63, 3.8) is 0 Å². The summed E-state index contributed by atoms with van der Waals surface area (Å²) in [4.78, 5) is 15.7. The molecular weight excluding hydrogens is 276 g/mol. The molecule has 2 rings (SSSR count). The number of rotatable bonds is 5. The number of nitrogens with one attached hydrogen (secondary N) is 1. The van der Waals surface area contributed by atoms with Gasteiger partial charge in [-0.2, -0.15) is 4.98 Å². The first-order chi connectivity index (χ1) is 10.1. The topological polar surface area (TPSA) is 112 Å². The van der Waals surface area contributed by atoms with Crippen molar-refractivity contribution in [1.82, 2.24) is 15.5 Å². The molecule has 0 saturated carbocycles. The van der Waals surface area contributed by atoms with Gasteiger partial charge in [0.1, 0.15) is 0 Å². The average molecular weight is 292 g/mol. The second kappa shape index (κ2) is 6.12. The molecular formula is C13H16N4O4. The minimum Gasteiger partial charge on any atom is -0.493 e. The standard InChI is InChI=1S/C13H16N4O4/c1-4-15-12(18)11-16-13(21-17-11)7-5-9(19-2)10(20-3)6-8(7)14/h5-6H,4,14H2,1-3H3,(H,15,18). The molecule has 1 heterocycles. The Kier molecular flexibility index (Phi) is 4.27. The van der Waals surface area contributed by atoms with E-state index in [1.807, 2.05) is 0 Å². The van der Waals surface area contributed by atoms with Gasteiger partial charge in [0, 0.05) is 18.3 Å². The van der Waals surface area contributed by atoms with Crippen LogP contribution in [0.5, 0.6) is 11.5 Å². The zero-order valence-electron chi connectivity index (χ0n) is 12.0. The van der Waals surface area contributed by atoms with Gasteiger partial charge in [-0.25, -0.2) is 0 Å².